The van der Waals surface area contributed by atoms with Gasteiger partial charge in [-0.3, -0.25) is 0 Å². The number of hydrogen-bond donors (Lipinski definition) is 0. The second-order valence-corrected chi connectivity index (χ2v) is 31.7. The van der Waals surface area contributed by atoms with Gasteiger partial charge in [0.1, 0.15) is 0 Å². The topological polar surface area (TPSA) is 203 Å². The van der Waals surface area contributed by atoms with Crippen molar-refractivity contribution in [2.24, 2.45) is 0 Å². The summed E-state index contributed by atoms with van der Waals surface area (Å²) in [6.45, 7) is 0. The zero-order valence-corrected chi connectivity index (χ0v) is 70.0. The lowest BCUT2D eigenvalue weighted by molar-refractivity contribution is -0.137. The van der Waals surface area contributed by atoms with Crippen LogP contribution in [0.2, 0.25) is 0 Å². The Bertz CT molecular complexity index is 7680. The number of halogens is 3. The Labute approximate surface area is 753 Å². The molecule has 0 aliphatic carbocycles. The molecule has 0 atom stereocenters. The third-order valence-electron chi connectivity index (χ3n) is 23.4. The molecular formula is C112H68F3N17. The molecule has 0 bridgehead atoms. The summed E-state index contributed by atoms with van der Waals surface area (Å²) in [6.07, 6.45) is -4.89. The van der Waals surface area contributed by atoms with E-state index in [0.717, 1.165) is 61.3 Å². The molecule has 17 nitrogen and oxygen atoms in total. The van der Waals surface area contributed by atoms with Gasteiger partial charge in [-0.05, 0) is 91.0 Å². The van der Waals surface area contributed by atoms with Crippen LogP contribution in [-0.4, -0.2) is 83.9 Å². The lowest BCUT2D eigenvalue weighted by Crippen LogP contribution is -2.09. The molecule has 622 valence electrons. The van der Waals surface area contributed by atoms with Crippen LogP contribution in [0.15, 0.2) is 413 Å². The van der Waals surface area contributed by atoms with Gasteiger partial charge in [0.05, 0.1) is 39.0 Å². The molecule has 23 rings (SSSR count). The van der Waals surface area contributed by atoms with E-state index in [2.05, 4.69) is 28.8 Å². The van der Waals surface area contributed by atoms with E-state index in [4.69, 9.17) is 74.8 Å². The van der Waals surface area contributed by atoms with Crippen molar-refractivity contribution in [1.29, 1.82) is 0 Å². The van der Waals surface area contributed by atoms with Crippen LogP contribution < -0.4 is 0 Å². The first-order chi connectivity index (χ1) is 65.0. The number of fused-ring (bicyclic) bond motifs is 6. The maximum absolute atomic E-state index is 16.7. The SMILES string of the molecule is FC(F)(F)c1ccc(-c2c(-c3nc(-c4ccccc4)nc(-c4ccccc4)n3)cccc2-n2c3ccc(-c4nc(-c5ccccc5)nc(-c5ccccc5)n4)cc3c3cc(-c4nc(-c5ccccc5)nc(-c5ccccc5)n4)ccc32)c(-n2c3ccc(-c4nc(-c5ccccc5)nc(-c5ccccc5)n4)cc3c3cc(-c4nc(-c5ccccc5)nc(-c5ccccc5)n4)ccc32)c1. The van der Waals surface area contributed by atoms with Gasteiger partial charge in [-0.15, -0.1) is 0 Å². The summed E-state index contributed by atoms with van der Waals surface area (Å²) in [5.74, 6) is 6.12. The fraction of sp³-hybridized carbons (Fsp3) is 0.00893. The summed E-state index contributed by atoms with van der Waals surface area (Å²) >= 11 is 0. The Balaban J connectivity index is 0.822. The average Bonchev–Trinajstić information content (AvgIpc) is 1.54. The molecule has 0 fully saturated rings. The van der Waals surface area contributed by atoms with Gasteiger partial charge in [0.15, 0.2) is 87.4 Å². The average molecular weight is 1710 g/mol. The summed E-state index contributed by atoms with van der Waals surface area (Å²) in [5.41, 5.74) is 13.7. The molecule has 0 N–H and O–H groups in total. The van der Waals surface area contributed by atoms with E-state index in [1.165, 1.54) is 6.07 Å². The fourth-order valence-electron chi connectivity index (χ4n) is 17.1. The van der Waals surface area contributed by atoms with E-state index in [1.807, 2.05) is 375 Å². The van der Waals surface area contributed by atoms with Crippen LogP contribution in [0.3, 0.4) is 0 Å². The quantitative estimate of drug-likeness (QED) is 0.0784. The maximum Gasteiger partial charge on any atom is 0.416 e. The first-order valence-electron chi connectivity index (χ1n) is 42.9. The van der Waals surface area contributed by atoms with Crippen LogP contribution in [0, 0.1) is 0 Å². The summed E-state index contributed by atoms with van der Waals surface area (Å²) in [5, 5.41) is 2.76. The van der Waals surface area contributed by atoms with Gasteiger partial charge in [0.2, 0.25) is 0 Å². The highest BCUT2D eigenvalue weighted by molar-refractivity contribution is 6.14. The second-order valence-electron chi connectivity index (χ2n) is 31.7. The standard InChI is InChI=1S/C112H68F3N17/c113-112(114,115)83-58-59-84(95(68-83)132-92-62-56-81(109-125-101(73-40-19-5-20-41-73)118-102(126-109)74-42-21-6-22-43-74)66-88(92)89-67-82(57-63-93(89)132)110-127-103(75-44-23-7-24-45-75)119-104(128-110)76-46-25-8-26-47-76)96-85(111-129-105(77-48-27-9-28-49-77)120-106(130-111)78-50-29-10-30-51-78)52-31-53-94(96)131-90-60-54-79(107-121-97(69-32-11-1-12-33-69)116-98(122-107)70-34-13-2-14-35-70)64-86(90)87-65-80(55-61-91(87)131)108-123-99(71-36-15-3-16-37-71)117-100(124-108)72-38-17-4-18-39-72/h1-68H. The van der Waals surface area contributed by atoms with Crippen molar-refractivity contribution in [2.75, 3.05) is 0 Å². The van der Waals surface area contributed by atoms with E-state index in [9.17, 15) is 0 Å². The zero-order chi connectivity index (χ0) is 88.2. The van der Waals surface area contributed by atoms with Crippen molar-refractivity contribution in [1.82, 2.24) is 83.9 Å². The van der Waals surface area contributed by atoms with Gasteiger partial charge in [-0.1, -0.05) is 322 Å². The van der Waals surface area contributed by atoms with Crippen LogP contribution in [0.1, 0.15) is 5.56 Å². The molecule has 0 radical (unpaired) electrons. The molecular weight excluding hydrogens is 1640 g/mol. The fourth-order valence-corrected chi connectivity index (χ4v) is 17.1. The van der Waals surface area contributed by atoms with E-state index >= 15 is 13.2 Å². The highest BCUT2D eigenvalue weighted by Gasteiger charge is 2.35. The molecule has 132 heavy (non-hydrogen) atoms. The second kappa shape index (κ2) is 33.4. The van der Waals surface area contributed by atoms with Crippen molar-refractivity contribution < 1.29 is 13.2 Å². The van der Waals surface area contributed by atoms with Crippen LogP contribution in [0.5, 0.6) is 0 Å². The number of alkyl halides is 3. The van der Waals surface area contributed by atoms with Crippen molar-refractivity contribution in [3.8, 4) is 193 Å². The molecule has 0 aliphatic rings. The summed E-state index contributed by atoms with van der Waals surface area (Å²) in [4.78, 5) is 78.5. The van der Waals surface area contributed by atoms with Crippen molar-refractivity contribution in [2.45, 2.75) is 6.18 Å². The van der Waals surface area contributed by atoms with Crippen molar-refractivity contribution in [3.05, 3.63) is 418 Å². The number of nitrogens with zero attached hydrogens (tertiary/aromatic N) is 17. The first kappa shape index (κ1) is 78.7. The molecule has 23 aromatic rings. The van der Waals surface area contributed by atoms with Crippen molar-refractivity contribution in [3.63, 3.8) is 0 Å². The molecule has 0 unspecified atom stereocenters. The summed E-state index contributed by atoms with van der Waals surface area (Å²) < 4.78 is 54.3. The molecule has 7 aromatic heterocycles. The largest absolute Gasteiger partial charge is 0.416 e. The molecule has 7 heterocycles. The predicted octanol–water partition coefficient (Wildman–Crippen LogP) is 26.5. The van der Waals surface area contributed by atoms with E-state index in [1.54, 1.807) is 6.07 Å². The Kier molecular flexibility index (Phi) is 19.9. The molecule has 0 saturated heterocycles. The van der Waals surface area contributed by atoms with Crippen LogP contribution in [0.4, 0.5) is 13.2 Å². The molecule has 0 amide bonds. The van der Waals surface area contributed by atoms with Crippen LogP contribution >= 0.6 is 0 Å². The van der Waals surface area contributed by atoms with E-state index in [-0.39, 0.29) is 11.5 Å². The smallest absolute Gasteiger partial charge is 0.309 e. The van der Waals surface area contributed by atoms with Crippen LogP contribution in [0.25, 0.3) is 237 Å². The number of aromatic nitrogens is 17. The number of rotatable bonds is 18. The molecule has 0 spiro atoms. The van der Waals surface area contributed by atoms with E-state index < -0.39 is 11.7 Å². The Morgan fingerprint density at radius 3 is 0.583 bits per heavy atom. The summed E-state index contributed by atoms with van der Waals surface area (Å²) in [7, 11) is 0. The lowest BCUT2D eigenvalue weighted by atomic mass is 9.93. The third-order valence-corrected chi connectivity index (χ3v) is 23.4. The number of benzene rings is 16. The Morgan fingerprint density at radius 2 is 0.364 bits per heavy atom. The zero-order valence-electron chi connectivity index (χ0n) is 70.0. The highest BCUT2D eigenvalue weighted by Crippen LogP contribution is 2.49. The molecule has 0 aliphatic heterocycles. The minimum Gasteiger partial charge on any atom is -0.309 e. The maximum atomic E-state index is 16.7. The molecule has 20 heteroatoms. The highest BCUT2D eigenvalue weighted by atomic mass is 19.4. The minimum absolute atomic E-state index is 0.150. The Hall–Kier alpha value is -18.0. The Morgan fingerprint density at radius 1 is 0.159 bits per heavy atom. The molecule has 0 saturated carbocycles. The van der Waals surface area contributed by atoms with Gasteiger partial charge >= 0.3 is 6.18 Å². The lowest BCUT2D eigenvalue weighted by Gasteiger charge is -2.22. The van der Waals surface area contributed by atoms with Gasteiger partial charge < -0.3 is 9.13 Å². The van der Waals surface area contributed by atoms with Gasteiger partial charge in [-0.25, -0.2) is 74.8 Å². The van der Waals surface area contributed by atoms with Gasteiger partial charge in [0.25, 0.3) is 0 Å². The predicted molar refractivity (Wildman–Crippen MR) is 514 cm³/mol. The monoisotopic (exact) mass is 1710 g/mol. The third kappa shape index (κ3) is 15.0. The van der Waals surface area contributed by atoms with E-state index in [0.29, 0.717) is 170 Å². The number of hydrogen-bond acceptors (Lipinski definition) is 15. The normalized spacial score (nSPS) is 11.6. The van der Waals surface area contributed by atoms with Gasteiger partial charge in [-0.2, -0.15) is 13.2 Å². The van der Waals surface area contributed by atoms with Crippen LogP contribution in [-0.2, 0) is 6.18 Å². The van der Waals surface area contributed by atoms with Crippen molar-refractivity contribution >= 4 is 43.6 Å². The van der Waals surface area contributed by atoms with Gasteiger partial charge in [0, 0.05) is 116 Å². The first-order valence-corrected chi connectivity index (χ1v) is 42.9. The minimum atomic E-state index is -4.89. The molecule has 16 aromatic carbocycles. The summed E-state index contributed by atoms with van der Waals surface area (Å²) in [6, 6.07) is 131.